The number of nitro groups is 1. The number of likely N-dealkylation sites (N-methyl/N-ethyl adjacent to an activating group) is 1. The van der Waals surface area contributed by atoms with E-state index in [1.807, 2.05) is 32.2 Å². The summed E-state index contributed by atoms with van der Waals surface area (Å²) in [6, 6.07) is 10.6. The highest BCUT2D eigenvalue weighted by Gasteiger charge is 2.20. The molecule has 0 radical (unpaired) electrons. The van der Waals surface area contributed by atoms with Gasteiger partial charge in [0, 0.05) is 11.6 Å². The van der Waals surface area contributed by atoms with Crippen LogP contribution in [0.3, 0.4) is 0 Å². The van der Waals surface area contributed by atoms with E-state index >= 15 is 0 Å². The number of aryl methyl sites for hydroxylation is 2. The number of carbonyl (C=O) groups is 1. The molecule has 0 aromatic heterocycles. The van der Waals surface area contributed by atoms with Gasteiger partial charge in [-0.15, -0.1) is 0 Å². The van der Waals surface area contributed by atoms with Crippen LogP contribution in [0.25, 0.3) is 0 Å². The molecular formula is C19H24N3O4+. The van der Waals surface area contributed by atoms with Crippen molar-refractivity contribution in [2.45, 2.75) is 20.4 Å². The number of ether oxygens (including phenoxy) is 1. The third-order valence-corrected chi connectivity index (χ3v) is 4.10. The summed E-state index contributed by atoms with van der Waals surface area (Å²) in [5, 5.41) is 13.8. The number of hydrogen-bond acceptors (Lipinski definition) is 4. The van der Waals surface area contributed by atoms with E-state index < -0.39 is 4.92 Å². The number of nitrogens with one attached hydrogen (secondary N) is 2. The quantitative estimate of drug-likeness (QED) is 0.584. The number of benzene rings is 2. The minimum atomic E-state index is -0.489. The molecule has 7 nitrogen and oxygen atoms in total. The van der Waals surface area contributed by atoms with Crippen molar-refractivity contribution in [3.05, 3.63) is 63.2 Å². The summed E-state index contributed by atoms with van der Waals surface area (Å²) in [6.07, 6.45) is 0. The molecule has 0 aliphatic carbocycles. The van der Waals surface area contributed by atoms with E-state index in [0.717, 1.165) is 21.8 Å². The molecule has 1 unspecified atom stereocenters. The van der Waals surface area contributed by atoms with Crippen LogP contribution in [0.5, 0.6) is 5.75 Å². The first-order valence-corrected chi connectivity index (χ1v) is 8.30. The lowest BCUT2D eigenvalue weighted by Crippen LogP contribution is -3.08. The number of hydrogen-bond donors (Lipinski definition) is 2. The molecule has 2 aromatic carbocycles. The topological polar surface area (TPSA) is 85.9 Å². The second-order valence-corrected chi connectivity index (χ2v) is 6.40. The number of quaternary nitrogens is 1. The first kappa shape index (κ1) is 19.4. The molecule has 26 heavy (non-hydrogen) atoms. The average Bonchev–Trinajstić information content (AvgIpc) is 2.56. The number of para-hydroxylation sites is 1. The van der Waals surface area contributed by atoms with Gasteiger partial charge in [-0.2, -0.15) is 0 Å². The molecule has 2 aromatic rings. The highest BCUT2D eigenvalue weighted by atomic mass is 16.6. The molecular weight excluding hydrogens is 334 g/mol. The van der Waals surface area contributed by atoms with Gasteiger partial charge in [0.15, 0.2) is 6.54 Å². The molecule has 138 valence electrons. The van der Waals surface area contributed by atoms with Crippen molar-refractivity contribution in [3.8, 4) is 5.75 Å². The Morgan fingerprint density at radius 2 is 2.00 bits per heavy atom. The van der Waals surface area contributed by atoms with Crippen molar-refractivity contribution < 1.29 is 19.4 Å². The molecule has 0 aliphatic heterocycles. The van der Waals surface area contributed by atoms with Crippen LogP contribution in [0.1, 0.15) is 16.7 Å². The number of anilines is 1. The molecule has 0 bridgehead atoms. The Morgan fingerprint density at radius 3 is 2.65 bits per heavy atom. The van der Waals surface area contributed by atoms with Gasteiger partial charge in [0.25, 0.3) is 11.6 Å². The minimum absolute atomic E-state index is 0.101. The Morgan fingerprint density at radius 1 is 1.27 bits per heavy atom. The predicted octanol–water partition coefficient (Wildman–Crippen LogP) is 1.87. The molecule has 2 rings (SSSR count). The average molecular weight is 358 g/mol. The first-order chi connectivity index (χ1) is 12.3. The van der Waals surface area contributed by atoms with Gasteiger partial charge >= 0.3 is 0 Å². The van der Waals surface area contributed by atoms with Gasteiger partial charge in [-0.05, 0) is 31.5 Å². The van der Waals surface area contributed by atoms with Gasteiger partial charge in [-0.3, -0.25) is 14.9 Å². The molecule has 0 aliphatic rings. The molecule has 0 heterocycles. The van der Waals surface area contributed by atoms with Crippen molar-refractivity contribution in [1.82, 2.24) is 0 Å². The van der Waals surface area contributed by atoms with Crippen LogP contribution >= 0.6 is 0 Å². The largest absolute Gasteiger partial charge is 0.496 e. The molecule has 0 spiro atoms. The maximum Gasteiger partial charge on any atom is 0.293 e. The Kier molecular flexibility index (Phi) is 6.30. The number of amides is 1. The second kappa shape index (κ2) is 8.44. The summed E-state index contributed by atoms with van der Waals surface area (Å²) >= 11 is 0. The van der Waals surface area contributed by atoms with E-state index in [4.69, 9.17) is 4.74 Å². The lowest BCUT2D eigenvalue weighted by Gasteiger charge is -2.16. The summed E-state index contributed by atoms with van der Waals surface area (Å²) in [6.45, 7) is 4.52. The van der Waals surface area contributed by atoms with E-state index in [1.165, 1.54) is 6.07 Å². The van der Waals surface area contributed by atoms with Crippen molar-refractivity contribution in [1.29, 1.82) is 0 Å². The van der Waals surface area contributed by atoms with Crippen molar-refractivity contribution >= 4 is 17.3 Å². The molecule has 1 atom stereocenters. The van der Waals surface area contributed by atoms with E-state index in [9.17, 15) is 14.9 Å². The SMILES string of the molecule is COc1ccc(C)cc1C[NH+](C)CC(=O)Nc1c(C)cccc1[N+](=O)[O-]. The summed E-state index contributed by atoms with van der Waals surface area (Å²) < 4.78 is 5.37. The monoisotopic (exact) mass is 358 g/mol. The standard InChI is InChI=1S/C19H23N3O4/c1-13-8-9-17(26-4)15(10-13)11-21(3)12-18(23)20-19-14(2)6-5-7-16(19)22(24)25/h5-10H,11-12H2,1-4H3,(H,20,23)/p+1. The number of nitrogens with zero attached hydrogens (tertiary/aromatic N) is 1. The Bertz CT molecular complexity index is 820. The number of methoxy groups -OCH3 is 1. The minimum Gasteiger partial charge on any atom is -0.496 e. The smallest absolute Gasteiger partial charge is 0.293 e. The molecule has 0 fully saturated rings. The van der Waals surface area contributed by atoms with Gasteiger partial charge < -0.3 is 15.0 Å². The van der Waals surface area contributed by atoms with Crippen LogP contribution in [0.2, 0.25) is 0 Å². The zero-order valence-corrected chi connectivity index (χ0v) is 15.5. The molecule has 0 saturated heterocycles. The van der Waals surface area contributed by atoms with Crippen molar-refractivity contribution in [2.75, 3.05) is 26.0 Å². The third kappa shape index (κ3) is 4.80. The predicted molar refractivity (Wildman–Crippen MR) is 99.7 cm³/mol. The molecule has 1 amide bonds. The van der Waals surface area contributed by atoms with Gasteiger partial charge in [0.2, 0.25) is 0 Å². The Balaban J connectivity index is 2.07. The van der Waals surface area contributed by atoms with Crippen LogP contribution in [0, 0.1) is 24.0 Å². The zero-order valence-electron chi connectivity index (χ0n) is 15.5. The summed E-state index contributed by atoms with van der Waals surface area (Å²) in [4.78, 5) is 24.0. The fourth-order valence-corrected chi connectivity index (χ4v) is 2.86. The van der Waals surface area contributed by atoms with Gasteiger partial charge in [-0.1, -0.05) is 23.8 Å². The second-order valence-electron chi connectivity index (χ2n) is 6.40. The van der Waals surface area contributed by atoms with E-state index in [0.29, 0.717) is 12.1 Å². The summed E-state index contributed by atoms with van der Waals surface area (Å²) in [7, 11) is 3.52. The summed E-state index contributed by atoms with van der Waals surface area (Å²) in [5.74, 6) is 0.511. The highest BCUT2D eigenvalue weighted by Crippen LogP contribution is 2.27. The van der Waals surface area contributed by atoms with Crippen molar-refractivity contribution in [3.63, 3.8) is 0 Å². The van der Waals surface area contributed by atoms with Crippen LogP contribution < -0.4 is 15.0 Å². The van der Waals surface area contributed by atoms with Gasteiger partial charge in [0.05, 0.1) is 19.1 Å². The van der Waals surface area contributed by atoms with Crippen LogP contribution in [-0.4, -0.2) is 31.5 Å². The normalized spacial score (nSPS) is 11.7. The fraction of sp³-hybridized carbons (Fsp3) is 0.316. The number of nitro benzene ring substituents is 1. The number of rotatable bonds is 7. The lowest BCUT2D eigenvalue weighted by atomic mass is 10.1. The molecule has 2 N–H and O–H groups in total. The van der Waals surface area contributed by atoms with E-state index in [2.05, 4.69) is 5.32 Å². The van der Waals surface area contributed by atoms with Gasteiger partial charge in [0.1, 0.15) is 18.0 Å². The van der Waals surface area contributed by atoms with Crippen molar-refractivity contribution in [2.24, 2.45) is 0 Å². The van der Waals surface area contributed by atoms with Crippen LogP contribution in [0.15, 0.2) is 36.4 Å². The fourth-order valence-electron chi connectivity index (χ4n) is 2.86. The Labute approximate surface area is 152 Å². The highest BCUT2D eigenvalue weighted by molar-refractivity contribution is 5.94. The van der Waals surface area contributed by atoms with Crippen LogP contribution in [-0.2, 0) is 11.3 Å². The van der Waals surface area contributed by atoms with E-state index in [-0.39, 0.29) is 23.8 Å². The molecule has 7 heteroatoms. The maximum atomic E-state index is 12.4. The van der Waals surface area contributed by atoms with Crippen LogP contribution in [0.4, 0.5) is 11.4 Å². The Hall–Kier alpha value is -2.93. The first-order valence-electron chi connectivity index (χ1n) is 8.30. The molecule has 0 saturated carbocycles. The van der Waals surface area contributed by atoms with E-state index in [1.54, 1.807) is 26.2 Å². The number of carbonyl (C=O) groups excluding carboxylic acids is 1. The zero-order chi connectivity index (χ0) is 19.3. The maximum absolute atomic E-state index is 12.4. The third-order valence-electron chi connectivity index (χ3n) is 4.10. The van der Waals surface area contributed by atoms with Gasteiger partial charge in [-0.25, -0.2) is 0 Å². The lowest BCUT2D eigenvalue weighted by molar-refractivity contribution is -0.885. The summed E-state index contributed by atoms with van der Waals surface area (Å²) in [5.41, 5.74) is 2.94.